The summed E-state index contributed by atoms with van der Waals surface area (Å²) in [5, 5.41) is 0. The van der Waals surface area contributed by atoms with Crippen LogP contribution in [0.4, 0.5) is 0 Å². The van der Waals surface area contributed by atoms with E-state index in [0.29, 0.717) is 3.63 Å². The average molecular weight is 699 g/mol. The van der Waals surface area contributed by atoms with Crippen LogP contribution in [0.25, 0.3) is 11.1 Å². The normalized spacial score (nSPS) is 13.4. The maximum absolute atomic E-state index is 2.67. The molecule has 2 aliphatic carbocycles. The van der Waals surface area contributed by atoms with Crippen molar-refractivity contribution >= 4 is 6.48 Å². The van der Waals surface area contributed by atoms with Crippen molar-refractivity contribution in [1.29, 1.82) is 0 Å². The molecule has 2 aliphatic rings. The van der Waals surface area contributed by atoms with E-state index in [9.17, 15) is 0 Å². The van der Waals surface area contributed by atoms with Gasteiger partial charge in [-0.25, -0.2) is 0 Å². The van der Waals surface area contributed by atoms with E-state index in [4.69, 9.17) is 0 Å². The number of hydrogen-bond donors (Lipinski definition) is 0. The summed E-state index contributed by atoms with van der Waals surface area (Å²) in [6.45, 7) is 18.6. The number of allylic oxidation sites excluding steroid dienone is 4. The number of aryl methyl sites for hydroxylation is 2. The van der Waals surface area contributed by atoms with Gasteiger partial charge in [0, 0.05) is 0 Å². The third kappa shape index (κ3) is 6.77. The molecular weight excluding hydrogens is 655 g/mol. The summed E-state index contributed by atoms with van der Waals surface area (Å²) in [6, 6.07) is 31.0. The Labute approximate surface area is 285 Å². The Balaban J connectivity index is 0.00000221. The number of rotatable bonds is 4. The van der Waals surface area contributed by atoms with E-state index in [0.717, 1.165) is 6.42 Å². The summed E-state index contributed by atoms with van der Waals surface area (Å²) in [5.74, 6) is 0. The molecule has 0 aromatic heterocycles. The minimum Gasteiger partial charge on any atom is -1.00 e. The Morgan fingerprint density at radius 3 is 1.70 bits per heavy atom. The van der Waals surface area contributed by atoms with Crippen LogP contribution in [-0.4, -0.2) is 3.21 Å². The largest absolute Gasteiger partial charge is 1.00 e. The van der Waals surface area contributed by atoms with Crippen LogP contribution in [0.5, 0.6) is 0 Å². The molecule has 0 atom stereocenters. The first-order chi connectivity index (χ1) is 19.9. The molecule has 226 valence electrons. The molecule has 0 fully saturated rings. The molecule has 4 aromatic rings. The van der Waals surface area contributed by atoms with Gasteiger partial charge in [-0.2, -0.15) is 0 Å². The predicted molar refractivity (Wildman–Crippen MR) is 179 cm³/mol. The molecule has 44 heavy (non-hydrogen) atoms. The summed E-state index contributed by atoms with van der Waals surface area (Å²) in [4.78, 5) is 0. The minimum absolute atomic E-state index is 0. The first-order valence-electron chi connectivity index (χ1n) is 15.4. The molecule has 0 saturated heterocycles. The van der Waals surface area contributed by atoms with Crippen molar-refractivity contribution in [2.24, 2.45) is 0 Å². The summed E-state index contributed by atoms with van der Waals surface area (Å²) in [7, 11) is 0. The van der Waals surface area contributed by atoms with Crippen LogP contribution in [0.15, 0.2) is 103 Å². The van der Waals surface area contributed by atoms with Gasteiger partial charge in [-0.3, -0.25) is 0 Å². The number of halogens is 2. The zero-order valence-electron chi connectivity index (χ0n) is 27.4. The Kier molecular flexibility index (Phi) is 10.4. The SMILES string of the molecule is Cc1cccc([C](c2cccc(C)c2)=[Zr+2]([c]2cc(C(C)(C)C)cc3c2Cc2ccc(C(C)(C)C)cc2-3)[CH]2C=CC=C2)c1.[Cl-].[Cl-]. The summed E-state index contributed by atoms with van der Waals surface area (Å²) < 4.78 is 3.77. The van der Waals surface area contributed by atoms with Crippen molar-refractivity contribution in [2.75, 3.05) is 0 Å². The third-order valence-corrected chi connectivity index (χ3v) is 16.9. The Hall–Kier alpha value is -2.31. The molecule has 0 unspecified atom stereocenters. The molecule has 3 heteroatoms. The summed E-state index contributed by atoms with van der Waals surface area (Å²) in [5.41, 5.74) is 14.6. The van der Waals surface area contributed by atoms with Gasteiger partial charge < -0.3 is 24.8 Å². The fourth-order valence-electron chi connectivity index (χ4n) is 6.60. The van der Waals surface area contributed by atoms with E-state index in [1.54, 1.807) is 12.0 Å². The Morgan fingerprint density at radius 2 is 1.18 bits per heavy atom. The second-order valence-corrected chi connectivity index (χ2v) is 20.6. The van der Waals surface area contributed by atoms with Gasteiger partial charge >= 0.3 is 263 Å². The molecule has 4 aromatic carbocycles. The van der Waals surface area contributed by atoms with Crippen LogP contribution in [-0.2, 0) is 38.5 Å². The molecule has 0 spiro atoms. The van der Waals surface area contributed by atoms with Crippen LogP contribution in [0, 0.1) is 13.8 Å². The van der Waals surface area contributed by atoms with Crippen LogP contribution in [0.1, 0.15) is 86.1 Å². The molecule has 0 bridgehead atoms. The van der Waals surface area contributed by atoms with Crippen LogP contribution in [0.3, 0.4) is 0 Å². The van der Waals surface area contributed by atoms with Gasteiger partial charge in [0.1, 0.15) is 0 Å². The van der Waals surface area contributed by atoms with Gasteiger partial charge in [-0.05, 0) is 0 Å². The van der Waals surface area contributed by atoms with E-state index in [-0.39, 0.29) is 35.6 Å². The topological polar surface area (TPSA) is 0 Å². The maximum Gasteiger partial charge on any atom is -1.00 e. The molecule has 0 heterocycles. The smallest absolute Gasteiger partial charge is 1.00 e. The van der Waals surface area contributed by atoms with Crippen molar-refractivity contribution in [1.82, 2.24) is 0 Å². The number of fused-ring (bicyclic) bond motifs is 3. The predicted octanol–water partition coefficient (Wildman–Crippen LogP) is 3.90. The van der Waals surface area contributed by atoms with Crippen molar-refractivity contribution < 1.29 is 46.1 Å². The van der Waals surface area contributed by atoms with E-state index < -0.39 is 21.3 Å². The van der Waals surface area contributed by atoms with Gasteiger partial charge in [0.25, 0.3) is 0 Å². The number of hydrogen-bond acceptors (Lipinski definition) is 0. The van der Waals surface area contributed by atoms with Gasteiger partial charge in [0.2, 0.25) is 0 Å². The maximum atomic E-state index is 2.65. The summed E-state index contributed by atoms with van der Waals surface area (Å²) >= 11 is -2.67. The number of benzene rings is 4. The van der Waals surface area contributed by atoms with Gasteiger partial charge in [-0.15, -0.1) is 0 Å². The second-order valence-electron chi connectivity index (χ2n) is 14.4. The molecule has 0 saturated carbocycles. The first-order valence-corrected chi connectivity index (χ1v) is 19.3. The first kappa shape index (κ1) is 34.6. The standard InChI is InChI=1S/C21H25.C15H14.C5H5.2ClH.Zr/c1-20(2,3)16-9-7-14-11-15-8-10-17(21(4,5)6)13-19(15)18(14)12-16;1-12-5-3-7-14(9-12)11-15-8-4-6-13(2)10-15;1-2-4-5-3-1;;;/h7,9-10,12-13H,11H2,1-6H3;3-10H,1-2H3;1-5H;2*1H;/q;;;;;+2/p-2. The average Bonchev–Trinajstić information content (AvgIpc) is 3.58. The molecular formula is C41H44Cl2Zr. The van der Waals surface area contributed by atoms with Crippen molar-refractivity contribution in [2.45, 2.75) is 76.3 Å². The molecule has 0 amide bonds. The molecule has 0 radical (unpaired) electrons. The van der Waals surface area contributed by atoms with Crippen molar-refractivity contribution in [3.63, 3.8) is 0 Å². The van der Waals surface area contributed by atoms with E-state index >= 15 is 0 Å². The molecule has 0 nitrogen and oxygen atoms in total. The molecule has 6 rings (SSSR count). The van der Waals surface area contributed by atoms with Crippen molar-refractivity contribution in [3.05, 3.63) is 148 Å². The second kappa shape index (κ2) is 13.2. The van der Waals surface area contributed by atoms with E-state index in [1.807, 2.05) is 0 Å². The Bertz CT molecular complexity index is 1730. The summed E-state index contributed by atoms with van der Waals surface area (Å²) in [6.07, 6.45) is 10.6. The quantitative estimate of drug-likeness (QED) is 0.268. The monoisotopic (exact) mass is 696 g/mol. The van der Waals surface area contributed by atoms with Gasteiger partial charge in [0.15, 0.2) is 0 Å². The zero-order chi connectivity index (χ0) is 29.8. The zero-order valence-corrected chi connectivity index (χ0v) is 31.3. The molecule has 0 N–H and O–H groups in total. The van der Waals surface area contributed by atoms with Gasteiger partial charge in [0.05, 0.1) is 0 Å². The fraction of sp³-hybridized carbons (Fsp3) is 0.293. The fourth-order valence-corrected chi connectivity index (χ4v) is 14.9. The van der Waals surface area contributed by atoms with E-state index in [2.05, 4.69) is 159 Å². The van der Waals surface area contributed by atoms with Crippen LogP contribution >= 0.6 is 0 Å². The van der Waals surface area contributed by atoms with Gasteiger partial charge in [-0.1, -0.05) is 0 Å². The Morgan fingerprint density at radius 1 is 0.636 bits per heavy atom. The van der Waals surface area contributed by atoms with Crippen molar-refractivity contribution in [3.8, 4) is 11.1 Å². The minimum atomic E-state index is -2.67. The molecule has 0 aliphatic heterocycles. The third-order valence-electron chi connectivity index (χ3n) is 9.00. The van der Waals surface area contributed by atoms with Crippen LogP contribution in [0.2, 0.25) is 3.63 Å². The van der Waals surface area contributed by atoms with E-state index in [1.165, 1.54) is 50.1 Å². The van der Waals surface area contributed by atoms with Crippen LogP contribution < -0.4 is 28.1 Å².